The SMILES string of the molecule is COc1ccc(C(CCN(Cc2ccccc2)C(C)=O)c2ccc(C)cc2)cc1. The van der Waals surface area contributed by atoms with E-state index in [1.165, 1.54) is 16.7 Å². The zero-order valence-electron chi connectivity index (χ0n) is 17.5. The van der Waals surface area contributed by atoms with Crippen LogP contribution in [0.2, 0.25) is 0 Å². The average Bonchev–Trinajstić information content (AvgIpc) is 2.75. The summed E-state index contributed by atoms with van der Waals surface area (Å²) >= 11 is 0. The number of carbonyl (C=O) groups is 1. The van der Waals surface area contributed by atoms with Gasteiger partial charge in [-0.1, -0.05) is 72.3 Å². The van der Waals surface area contributed by atoms with Crippen molar-refractivity contribution in [2.24, 2.45) is 0 Å². The molecule has 0 aromatic heterocycles. The number of benzene rings is 3. The van der Waals surface area contributed by atoms with E-state index in [0.717, 1.165) is 17.7 Å². The number of carbonyl (C=O) groups excluding carboxylic acids is 1. The molecule has 1 amide bonds. The predicted molar refractivity (Wildman–Crippen MR) is 118 cm³/mol. The summed E-state index contributed by atoms with van der Waals surface area (Å²) in [5, 5.41) is 0. The van der Waals surface area contributed by atoms with Crippen LogP contribution in [0.25, 0.3) is 0 Å². The summed E-state index contributed by atoms with van der Waals surface area (Å²) in [6.45, 7) is 5.09. The molecule has 0 saturated carbocycles. The quantitative estimate of drug-likeness (QED) is 0.505. The van der Waals surface area contributed by atoms with E-state index in [-0.39, 0.29) is 11.8 Å². The topological polar surface area (TPSA) is 29.5 Å². The van der Waals surface area contributed by atoms with Crippen molar-refractivity contribution in [2.45, 2.75) is 32.7 Å². The van der Waals surface area contributed by atoms with Gasteiger partial charge in [-0.25, -0.2) is 0 Å². The van der Waals surface area contributed by atoms with Crippen LogP contribution in [0.3, 0.4) is 0 Å². The Hall–Kier alpha value is -3.07. The van der Waals surface area contributed by atoms with Gasteiger partial charge in [-0.2, -0.15) is 0 Å². The molecule has 1 unspecified atom stereocenters. The third kappa shape index (κ3) is 5.71. The van der Waals surface area contributed by atoms with Crippen molar-refractivity contribution in [3.63, 3.8) is 0 Å². The van der Waals surface area contributed by atoms with Gasteiger partial charge in [0.15, 0.2) is 0 Å². The number of methoxy groups -OCH3 is 1. The molecule has 150 valence electrons. The van der Waals surface area contributed by atoms with Crippen molar-refractivity contribution in [1.82, 2.24) is 4.90 Å². The molecule has 0 fully saturated rings. The Morgan fingerprint density at radius 3 is 2.03 bits per heavy atom. The molecule has 3 rings (SSSR count). The highest BCUT2D eigenvalue weighted by atomic mass is 16.5. The van der Waals surface area contributed by atoms with E-state index in [1.54, 1.807) is 14.0 Å². The van der Waals surface area contributed by atoms with E-state index in [0.29, 0.717) is 13.1 Å². The number of hydrogen-bond acceptors (Lipinski definition) is 2. The smallest absolute Gasteiger partial charge is 0.219 e. The molecular weight excluding hydrogens is 358 g/mol. The second-order valence-electron chi connectivity index (χ2n) is 7.45. The summed E-state index contributed by atoms with van der Waals surface area (Å²) in [6, 6.07) is 27.1. The molecule has 1 atom stereocenters. The van der Waals surface area contributed by atoms with E-state index < -0.39 is 0 Å². The first-order chi connectivity index (χ1) is 14.1. The summed E-state index contributed by atoms with van der Waals surface area (Å²) in [6.07, 6.45) is 0.863. The normalized spacial score (nSPS) is 11.7. The fraction of sp³-hybridized carbons (Fsp3) is 0.269. The molecule has 0 bridgehead atoms. The Labute approximate surface area is 174 Å². The molecule has 3 aromatic carbocycles. The molecule has 0 spiro atoms. The average molecular weight is 388 g/mol. The van der Waals surface area contributed by atoms with Gasteiger partial charge < -0.3 is 9.64 Å². The second-order valence-corrected chi connectivity index (χ2v) is 7.45. The lowest BCUT2D eigenvalue weighted by Gasteiger charge is -2.25. The van der Waals surface area contributed by atoms with Crippen LogP contribution in [-0.2, 0) is 11.3 Å². The number of amides is 1. The maximum atomic E-state index is 12.3. The minimum atomic E-state index is 0.103. The van der Waals surface area contributed by atoms with Gasteiger partial charge in [-0.15, -0.1) is 0 Å². The fourth-order valence-electron chi connectivity index (χ4n) is 3.60. The van der Waals surface area contributed by atoms with Crippen LogP contribution in [0.5, 0.6) is 5.75 Å². The molecule has 3 nitrogen and oxygen atoms in total. The Balaban J connectivity index is 1.81. The number of ether oxygens (including phenoxy) is 1. The molecular formula is C26H29NO2. The van der Waals surface area contributed by atoms with Gasteiger partial charge >= 0.3 is 0 Å². The molecule has 0 saturated heterocycles. The number of hydrogen-bond donors (Lipinski definition) is 0. The standard InChI is InChI=1S/C26H29NO2/c1-20-9-11-23(12-10-20)26(24-13-15-25(29-3)16-14-24)17-18-27(21(2)28)19-22-7-5-4-6-8-22/h4-16,26H,17-19H2,1-3H3. The summed E-state index contributed by atoms with van der Waals surface area (Å²) in [4.78, 5) is 14.2. The van der Waals surface area contributed by atoms with E-state index in [1.807, 2.05) is 35.2 Å². The number of nitrogens with zero attached hydrogens (tertiary/aromatic N) is 1. The lowest BCUT2D eigenvalue weighted by Crippen LogP contribution is -2.30. The van der Waals surface area contributed by atoms with E-state index in [9.17, 15) is 4.79 Å². The van der Waals surface area contributed by atoms with Crippen molar-refractivity contribution in [1.29, 1.82) is 0 Å². The van der Waals surface area contributed by atoms with Gasteiger partial charge in [0.25, 0.3) is 0 Å². The predicted octanol–water partition coefficient (Wildman–Crippen LogP) is 5.57. The van der Waals surface area contributed by atoms with Crippen LogP contribution in [-0.4, -0.2) is 24.5 Å². The van der Waals surface area contributed by atoms with Crippen molar-refractivity contribution >= 4 is 5.91 Å². The first-order valence-electron chi connectivity index (χ1n) is 10.1. The van der Waals surface area contributed by atoms with E-state index in [4.69, 9.17) is 4.74 Å². The third-order valence-corrected chi connectivity index (χ3v) is 5.35. The van der Waals surface area contributed by atoms with Crippen LogP contribution in [0.1, 0.15) is 41.5 Å². The summed E-state index contributed by atoms with van der Waals surface area (Å²) in [5.74, 6) is 1.18. The van der Waals surface area contributed by atoms with Crippen LogP contribution in [0.4, 0.5) is 0 Å². The van der Waals surface area contributed by atoms with E-state index >= 15 is 0 Å². The highest BCUT2D eigenvalue weighted by molar-refractivity contribution is 5.73. The monoisotopic (exact) mass is 387 g/mol. The lowest BCUT2D eigenvalue weighted by atomic mass is 9.88. The largest absolute Gasteiger partial charge is 0.497 e. The van der Waals surface area contributed by atoms with Gasteiger partial charge in [-0.05, 0) is 42.2 Å². The summed E-state index contributed by atoms with van der Waals surface area (Å²) in [5.41, 5.74) is 4.90. The summed E-state index contributed by atoms with van der Waals surface area (Å²) < 4.78 is 5.31. The molecule has 0 aliphatic heterocycles. The molecule has 0 aliphatic rings. The van der Waals surface area contributed by atoms with Gasteiger partial charge in [0.2, 0.25) is 5.91 Å². The van der Waals surface area contributed by atoms with Crippen molar-refractivity contribution < 1.29 is 9.53 Å². The maximum absolute atomic E-state index is 12.3. The second kappa shape index (κ2) is 9.92. The Morgan fingerprint density at radius 2 is 1.48 bits per heavy atom. The number of aryl methyl sites for hydroxylation is 1. The molecule has 3 heteroatoms. The zero-order chi connectivity index (χ0) is 20.6. The van der Waals surface area contributed by atoms with Crippen molar-refractivity contribution in [2.75, 3.05) is 13.7 Å². The van der Waals surface area contributed by atoms with Crippen molar-refractivity contribution in [3.8, 4) is 5.75 Å². The van der Waals surface area contributed by atoms with Crippen molar-refractivity contribution in [3.05, 3.63) is 101 Å². The van der Waals surface area contributed by atoms with Gasteiger partial charge in [-0.3, -0.25) is 4.79 Å². The van der Waals surface area contributed by atoms with Gasteiger partial charge in [0.1, 0.15) is 5.75 Å². The van der Waals surface area contributed by atoms with Crippen LogP contribution < -0.4 is 4.74 Å². The molecule has 3 aromatic rings. The minimum Gasteiger partial charge on any atom is -0.497 e. The van der Waals surface area contributed by atoms with Crippen LogP contribution in [0.15, 0.2) is 78.9 Å². The number of rotatable bonds is 8. The fourth-order valence-corrected chi connectivity index (χ4v) is 3.60. The minimum absolute atomic E-state index is 0.103. The third-order valence-electron chi connectivity index (χ3n) is 5.35. The van der Waals surface area contributed by atoms with Gasteiger partial charge in [0, 0.05) is 25.9 Å². The summed E-state index contributed by atoms with van der Waals surface area (Å²) in [7, 11) is 1.68. The van der Waals surface area contributed by atoms with Gasteiger partial charge in [0.05, 0.1) is 7.11 Å². The highest BCUT2D eigenvalue weighted by Crippen LogP contribution is 2.30. The molecule has 0 aliphatic carbocycles. The molecule has 0 heterocycles. The Morgan fingerprint density at radius 1 is 0.897 bits per heavy atom. The maximum Gasteiger partial charge on any atom is 0.219 e. The van der Waals surface area contributed by atoms with Crippen LogP contribution in [0, 0.1) is 6.92 Å². The lowest BCUT2D eigenvalue weighted by molar-refractivity contribution is -0.129. The molecule has 0 radical (unpaired) electrons. The molecule has 29 heavy (non-hydrogen) atoms. The first-order valence-corrected chi connectivity index (χ1v) is 10.1. The molecule has 0 N–H and O–H groups in total. The Bertz CT molecular complexity index is 902. The highest BCUT2D eigenvalue weighted by Gasteiger charge is 2.18. The van der Waals surface area contributed by atoms with Crippen LogP contribution >= 0.6 is 0 Å². The zero-order valence-corrected chi connectivity index (χ0v) is 17.5. The van der Waals surface area contributed by atoms with E-state index in [2.05, 4.69) is 55.5 Å². The Kier molecular flexibility index (Phi) is 7.07. The first kappa shape index (κ1) is 20.7.